The zero-order valence-corrected chi connectivity index (χ0v) is 20.4. The molecule has 0 saturated carbocycles. The molecule has 0 spiro atoms. The van der Waals surface area contributed by atoms with Crippen molar-refractivity contribution in [1.82, 2.24) is 10.6 Å². The van der Waals surface area contributed by atoms with Gasteiger partial charge in [-0.25, -0.2) is 4.79 Å². The third-order valence-electron chi connectivity index (χ3n) is 5.23. The number of hydrogen-bond acceptors (Lipinski definition) is 7. The molecule has 2 aromatic carbocycles. The van der Waals surface area contributed by atoms with Crippen LogP contribution in [-0.4, -0.2) is 44.4 Å². The number of hydrogen-bond donors (Lipinski definition) is 3. The molecule has 0 saturated heterocycles. The molecule has 0 aliphatic carbocycles. The quantitative estimate of drug-likeness (QED) is 0.384. The first-order chi connectivity index (χ1) is 16.3. The minimum atomic E-state index is -0.821. The highest BCUT2D eigenvalue weighted by Gasteiger charge is 2.31. The Morgan fingerprint density at radius 1 is 1.03 bits per heavy atom. The molecule has 3 N–H and O–H groups in total. The highest BCUT2D eigenvalue weighted by atomic mass is 32.1. The van der Waals surface area contributed by atoms with Crippen molar-refractivity contribution >= 4 is 34.9 Å². The molecule has 1 amide bonds. The van der Waals surface area contributed by atoms with Crippen LogP contribution in [0.1, 0.15) is 25.5 Å². The van der Waals surface area contributed by atoms with Gasteiger partial charge in [0.25, 0.3) is 5.91 Å². The van der Waals surface area contributed by atoms with Crippen molar-refractivity contribution in [2.24, 2.45) is 0 Å². The molecule has 180 valence electrons. The van der Waals surface area contributed by atoms with Crippen molar-refractivity contribution in [3.8, 4) is 17.2 Å². The van der Waals surface area contributed by atoms with Crippen LogP contribution in [0.15, 0.2) is 53.7 Å². The minimum Gasteiger partial charge on any atom is -0.495 e. The van der Waals surface area contributed by atoms with Crippen LogP contribution < -0.4 is 30.2 Å². The van der Waals surface area contributed by atoms with Gasteiger partial charge in [0.2, 0.25) is 0 Å². The van der Waals surface area contributed by atoms with E-state index in [4.69, 9.17) is 31.2 Å². The molecule has 0 aromatic heterocycles. The summed E-state index contributed by atoms with van der Waals surface area (Å²) in [6, 6.07) is 11.8. The first-order valence-electron chi connectivity index (χ1n) is 10.4. The molecule has 0 bridgehead atoms. The molecule has 10 heteroatoms. The first kappa shape index (κ1) is 24.8. The number of esters is 1. The van der Waals surface area contributed by atoms with Crippen LogP contribution in [0.3, 0.4) is 0 Å². The number of benzene rings is 2. The molecule has 2 atom stereocenters. The Morgan fingerprint density at radius 2 is 1.74 bits per heavy atom. The Hall–Kier alpha value is -3.79. The van der Waals surface area contributed by atoms with Gasteiger partial charge in [0, 0.05) is 5.70 Å². The van der Waals surface area contributed by atoms with Crippen molar-refractivity contribution in [3.05, 3.63) is 59.3 Å². The molecule has 2 aromatic rings. The van der Waals surface area contributed by atoms with Crippen LogP contribution in [0, 0.1) is 0 Å². The summed E-state index contributed by atoms with van der Waals surface area (Å²) in [5.41, 5.74) is 2.31. The fraction of sp³-hybridized carbons (Fsp3) is 0.292. The molecular formula is C24H27N3O6S. The number of allylic oxidation sites excluding steroid dienone is 1. The number of rotatable bonds is 8. The van der Waals surface area contributed by atoms with Crippen molar-refractivity contribution in [3.63, 3.8) is 0 Å². The van der Waals surface area contributed by atoms with Gasteiger partial charge in [-0.3, -0.25) is 4.79 Å². The van der Waals surface area contributed by atoms with E-state index in [0.717, 1.165) is 0 Å². The summed E-state index contributed by atoms with van der Waals surface area (Å²) in [7, 11) is 4.32. The van der Waals surface area contributed by atoms with E-state index in [9.17, 15) is 9.59 Å². The molecule has 9 nitrogen and oxygen atoms in total. The zero-order chi connectivity index (χ0) is 24.8. The molecule has 1 aliphatic rings. The molecule has 0 unspecified atom stereocenters. The Bertz CT molecular complexity index is 1130. The smallest absolute Gasteiger partial charge is 0.346 e. The Labute approximate surface area is 203 Å². The highest BCUT2D eigenvalue weighted by molar-refractivity contribution is 7.80. The van der Waals surface area contributed by atoms with Gasteiger partial charge in [0.15, 0.2) is 22.7 Å². The molecule has 0 fully saturated rings. The number of para-hydroxylation sites is 2. The minimum absolute atomic E-state index is 0.326. The fourth-order valence-corrected chi connectivity index (χ4v) is 3.82. The van der Waals surface area contributed by atoms with Crippen LogP contribution in [0.5, 0.6) is 17.2 Å². The summed E-state index contributed by atoms with van der Waals surface area (Å²) in [6.45, 7) is 3.36. The number of anilines is 1. The standard InChI is InChI=1S/C24H27N3O6S/c1-13-20(22(28)26-16-8-6-7-9-17(16)30-3)21(27-24(34)25-13)15-10-11-18(19(12-15)31-4)33-14(2)23(29)32-5/h6-12,14,21H,1-5H3,(H,26,28)(H2,25,27,34)/t14-,21-/m1/s1. The predicted molar refractivity (Wildman–Crippen MR) is 131 cm³/mol. The number of carbonyl (C=O) groups is 2. The first-order valence-corrected chi connectivity index (χ1v) is 10.8. The van der Waals surface area contributed by atoms with Gasteiger partial charge in [-0.2, -0.15) is 0 Å². The predicted octanol–water partition coefficient (Wildman–Crippen LogP) is 3.08. The average Bonchev–Trinajstić information content (AvgIpc) is 2.83. The van der Waals surface area contributed by atoms with E-state index in [1.54, 1.807) is 44.2 Å². The van der Waals surface area contributed by atoms with Crippen LogP contribution in [0.2, 0.25) is 0 Å². The zero-order valence-electron chi connectivity index (χ0n) is 19.6. The van der Waals surface area contributed by atoms with E-state index in [-0.39, 0.29) is 5.91 Å². The second kappa shape index (κ2) is 10.9. The largest absolute Gasteiger partial charge is 0.495 e. The van der Waals surface area contributed by atoms with E-state index >= 15 is 0 Å². The molecule has 0 radical (unpaired) electrons. The molecule has 1 heterocycles. The molecule has 3 rings (SSSR count). The van der Waals surface area contributed by atoms with Crippen LogP contribution >= 0.6 is 12.2 Å². The number of nitrogens with one attached hydrogen (secondary N) is 3. The molecule has 1 aliphatic heterocycles. The highest BCUT2D eigenvalue weighted by Crippen LogP contribution is 2.35. The van der Waals surface area contributed by atoms with E-state index in [0.29, 0.717) is 44.9 Å². The number of thiocarbonyl (C=S) groups is 1. The summed E-state index contributed by atoms with van der Waals surface area (Å²) < 4.78 is 21.2. The van der Waals surface area contributed by atoms with Crippen molar-refractivity contribution in [2.45, 2.75) is 26.0 Å². The van der Waals surface area contributed by atoms with Crippen molar-refractivity contribution in [2.75, 3.05) is 26.6 Å². The fourth-order valence-electron chi connectivity index (χ4n) is 3.55. The maximum absolute atomic E-state index is 13.4. The summed E-state index contributed by atoms with van der Waals surface area (Å²) in [6.07, 6.45) is -0.821. The maximum Gasteiger partial charge on any atom is 0.346 e. The topological polar surface area (TPSA) is 107 Å². The van der Waals surface area contributed by atoms with Gasteiger partial charge in [0.1, 0.15) is 5.75 Å². The van der Waals surface area contributed by atoms with Gasteiger partial charge in [-0.05, 0) is 55.9 Å². The third-order valence-corrected chi connectivity index (χ3v) is 5.45. The van der Waals surface area contributed by atoms with E-state index in [1.807, 2.05) is 12.1 Å². The van der Waals surface area contributed by atoms with Crippen LogP contribution in [0.4, 0.5) is 5.69 Å². The summed E-state index contributed by atoms with van der Waals surface area (Å²) in [4.78, 5) is 25.1. The average molecular weight is 486 g/mol. The van der Waals surface area contributed by atoms with Gasteiger partial charge in [0.05, 0.1) is 38.6 Å². The summed E-state index contributed by atoms with van der Waals surface area (Å²) in [5.74, 6) is 0.460. The lowest BCUT2D eigenvalue weighted by molar-refractivity contribution is -0.147. The number of carbonyl (C=O) groups excluding carboxylic acids is 2. The Balaban J connectivity index is 1.94. The SMILES string of the molecule is COC(=O)[C@@H](C)Oc1ccc([C@H]2NC(=S)NC(C)=C2C(=O)Nc2ccccc2OC)cc1OC. The molecular weight excluding hydrogens is 458 g/mol. The number of ether oxygens (including phenoxy) is 4. The summed E-state index contributed by atoms with van der Waals surface area (Å²) in [5, 5.41) is 9.45. The van der Waals surface area contributed by atoms with Crippen molar-refractivity contribution < 1.29 is 28.5 Å². The Kier molecular flexibility index (Phi) is 7.95. The Morgan fingerprint density at radius 3 is 2.41 bits per heavy atom. The summed E-state index contributed by atoms with van der Waals surface area (Å²) >= 11 is 5.34. The number of methoxy groups -OCH3 is 3. The van der Waals surface area contributed by atoms with Gasteiger partial charge < -0.3 is 34.9 Å². The number of amides is 1. The second-order valence-electron chi connectivity index (χ2n) is 7.42. The lowest BCUT2D eigenvalue weighted by Crippen LogP contribution is -2.45. The third kappa shape index (κ3) is 5.40. The normalized spacial score (nSPS) is 16.0. The van der Waals surface area contributed by atoms with Gasteiger partial charge >= 0.3 is 5.97 Å². The van der Waals surface area contributed by atoms with E-state index in [1.165, 1.54) is 21.3 Å². The lowest BCUT2D eigenvalue weighted by Gasteiger charge is -2.31. The van der Waals surface area contributed by atoms with Gasteiger partial charge in [-0.15, -0.1) is 0 Å². The van der Waals surface area contributed by atoms with Crippen LogP contribution in [-0.2, 0) is 14.3 Å². The second-order valence-corrected chi connectivity index (χ2v) is 7.83. The lowest BCUT2D eigenvalue weighted by atomic mass is 9.94. The van der Waals surface area contributed by atoms with E-state index in [2.05, 4.69) is 16.0 Å². The van der Waals surface area contributed by atoms with E-state index < -0.39 is 18.1 Å². The maximum atomic E-state index is 13.4. The van der Waals surface area contributed by atoms with Gasteiger partial charge in [-0.1, -0.05) is 18.2 Å². The van der Waals surface area contributed by atoms with Crippen molar-refractivity contribution in [1.29, 1.82) is 0 Å². The van der Waals surface area contributed by atoms with Crippen LogP contribution in [0.25, 0.3) is 0 Å². The molecule has 34 heavy (non-hydrogen) atoms. The monoisotopic (exact) mass is 485 g/mol.